The molecule has 0 aliphatic carbocycles. The molecule has 2 heterocycles. The molecule has 0 aromatic heterocycles. The quantitative estimate of drug-likeness (QED) is 0.901. The summed E-state index contributed by atoms with van der Waals surface area (Å²) in [7, 11) is 0. The first-order valence-corrected chi connectivity index (χ1v) is 9.14. The van der Waals surface area contributed by atoms with Crippen molar-refractivity contribution >= 4 is 5.91 Å². The van der Waals surface area contributed by atoms with Crippen LogP contribution in [0, 0.1) is 5.92 Å². The van der Waals surface area contributed by atoms with Crippen molar-refractivity contribution in [3.63, 3.8) is 0 Å². The van der Waals surface area contributed by atoms with Gasteiger partial charge >= 0.3 is 0 Å². The van der Waals surface area contributed by atoms with Crippen LogP contribution < -0.4 is 10.6 Å². The highest BCUT2D eigenvalue weighted by Crippen LogP contribution is 2.25. The van der Waals surface area contributed by atoms with Gasteiger partial charge in [0.05, 0.1) is 12.1 Å². The molecule has 4 nitrogen and oxygen atoms in total. The van der Waals surface area contributed by atoms with E-state index in [2.05, 4.69) is 45.9 Å². The van der Waals surface area contributed by atoms with Gasteiger partial charge < -0.3 is 5.32 Å². The van der Waals surface area contributed by atoms with E-state index in [1.165, 1.54) is 5.56 Å². The second-order valence-corrected chi connectivity index (χ2v) is 7.13. The van der Waals surface area contributed by atoms with E-state index in [0.29, 0.717) is 5.92 Å². The lowest BCUT2D eigenvalue weighted by molar-refractivity contribution is -0.125. The molecule has 3 unspecified atom stereocenters. The lowest BCUT2D eigenvalue weighted by Crippen LogP contribution is -2.58. The minimum absolute atomic E-state index is 0.0840. The average Bonchev–Trinajstić information content (AvgIpc) is 3.12. The second-order valence-electron chi connectivity index (χ2n) is 7.13. The number of hydrogen-bond donors (Lipinski definition) is 2. The van der Waals surface area contributed by atoms with Gasteiger partial charge in [-0.3, -0.25) is 15.0 Å². The van der Waals surface area contributed by atoms with Gasteiger partial charge in [0.1, 0.15) is 0 Å². The van der Waals surface area contributed by atoms with Crippen LogP contribution in [-0.2, 0) is 11.3 Å². The summed E-state index contributed by atoms with van der Waals surface area (Å²) < 4.78 is 0. The summed E-state index contributed by atoms with van der Waals surface area (Å²) in [6.45, 7) is 3.83. The zero-order valence-electron chi connectivity index (χ0n) is 14.4. The van der Waals surface area contributed by atoms with Crippen molar-refractivity contribution in [2.24, 2.45) is 5.92 Å². The lowest BCUT2D eigenvalue weighted by atomic mass is 9.94. The highest BCUT2D eigenvalue weighted by Gasteiger charge is 2.35. The zero-order chi connectivity index (χ0) is 17.1. The molecular formula is C21H25N3O. The van der Waals surface area contributed by atoms with Crippen molar-refractivity contribution in [3.05, 3.63) is 71.8 Å². The Kier molecular flexibility index (Phi) is 4.81. The maximum absolute atomic E-state index is 12.6. The topological polar surface area (TPSA) is 44.4 Å². The fourth-order valence-electron chi connectivity index (χ4n) is 4.00. The van der Waals surface area contributed by atoms with Crippen molar-refractivity contribution < 1.29 is 4.79 Å². The summed E-state index contributed by atoms with van der Waals surface area (Å²) in [6.07, 6.45) is 1.22. The molecule has 0 bridgehead atoms. The molecule has 4 rings (SSSR count). The van der Waals surface area contributed by atoms with Gasteiger partial charge in [0.25, 0.3) is 0 Å². The highest BCUT2D eigenvalue weighted by molar-refractivity contribution is 5.85. The van der Waals surface area contributed by atoms with Crippen LogP contribution in [0.25, 0.3) is 0 Å². The van der Waals surface area contributed by atoms with Gasteiger partial charge in [-0.2, -0.15) is 0 Å². The van der Waals surface area contributed by atoms with Crippen LogP contribution in [0.15, 0.2) is 60.7 Å². The molecule has 25 heavy (non-hydrogen) atoms. The zero-order valence-corrected chi connectivity index (χ0v) is 14.4. The number of rotatable bonds is 4. The standard InChI is InChI=1S/C21H25N3O/c25-21-19(17-9-5-2-6-10-17)13-22-20(23-21)18-11-12-24(15-18)14-16-7-3-1-4-8-16/h1-10,18-20,22H,11-15H2,(H,23,25). The summed E-state index contributed by atoms with van der Waals surface area (Å²) >= 11 is 0. The van der Waals surface area contributed by atoms with Crippen molar-refractivity contribution in [2.45, 2.75) is 25.0 Å². The number of hydrogen-bond acceptors (Lipinski definition) is 3. The first kappa shape index (κ1) is 16.3. The molecule has 0 saturated carbocycles. The van der Waals surface area contributed by atoms with E-state index in [4.69, 9.17) is 0 Å². The third-order valence-corrected chi connectivity index (χ3v) is 5.39. The molecule has 2 N–H and O–H groups in total. The smallest absolute Gasteiger partial charge is 0.230 e. The normalized spacial score (nSPS) is 27.2. The average molecular weight is 335 g/mol. The number of carbonyl (C=O) groups excluding carboxylic acids is 1. The molecule has 130 valence electrons. The lowest BCUT2D eigenvalue weighted by Gasteiger charge is -2.34. The number of benzene rings is 2. The van der Waals surface area contributed by atoms with E-state index in [1.54, 1.807) is 0 Å². The van der Waals surface area contributed by atoms with E-state index in [0.717, 1.165) is 38.2 Å². The van der Waals surface area contributed by atoms with Crippen molar-refractivity contribution in [3.8, 4) is 0 Å². The number of nitrogens with one attached hydrogen (secondary N) is 2. The summed E-state index contributed by atoms with van der Waals surface area (Å²) in [5.74, 6) is 0.542. The summed E-state index contributed by atoms with van der Waals surface area (Å²) in [4.78, 5) is 15.1. The Labute approximate surface area is 149 Å². The van der Waals surface area contributed by atoms with Crippen molar-refractivity contribution in [1.29, 1.82) is 0 Å². The monoisotopic (exact) mass is 335 g/mol. The van der Waals surface area contributed by atoms with Crippen LogP contribution in [0.2, 0.25) is 0 Å². The third kappa shape index (κ3) is 3.75. The van der Waals surface area contributed by atoms with Crippen LogP contribution >= 0.6 is 0 Å². The van der Waals surface area contributed by atoms with Gasteiger partial charge in [-0.25, -0.2) is 0 Å². The Bertz CT molecular complexity index is 704. The van der Waals surface area contributed by atoms with Gasteiger partial charge in [0.15, 0.2) is 0 Å². The van der Waals surface area contributed by atoms with E-state index in [-0.39, 0.29) is 18.0 Å². The molecule has 2 fully saturated rings. The van der Waals surface area contributed by atoms with Crippen molar-refractivity contribution in [1.82, 2.24) is 15.5 Å². The predicted octanol–water partition coefficient (Wildman–Crippen LogP) is 2.34. The third-order valence-electron chi connectivity index (χ3n) is 5.39. The predicted molar refractivity (Wildman–Crippen MR) is 98.9 cm³/mol. The summed E-state index contributed by atoms with van der Waals surface area (Å²) in [5, 5.41) is 6.78. The van der Waals surface area contributed by atoms with E-state index >= 15 is 0 Å². The number of amides is 1. The molecule has 2 aliphatic rings. The molecule has 2 aromatic rings. The Morgan fingerprint density at radius 2 is 1.72 bits per heavy atom. The van der Waals surface area contributed by atoms with Gasteiger partial charge in [-0.15, -0.1) is 0 Å². The Morgan fingerprint density at radius 3 is 2.44 bits per heavy atom. The van der Waals surface area contributed by atoms with Crippen LogP contribution in [0.1, 0.15) is 23.5 Å². The highest BCUT2D eigenvalue weighted by atomic mass is 16.2. The molecule has 2 aliphatic heterocycles. The molecule has 0 spiro atoms. The summed E-state index contributed by atoms with van der Waals surface area (Å²) in [6, 6.07) is 20.6. The second kappa shape index (κ2) is 7.38. The van der Waals surface area contributed by atoms with Crippen LogP contribution in [0.5, 0.6) is 0 Å². The fraction of sp³-hybridized carbons (Fsp3) is 0.381. The Morgan fingerprint density at radius 1 is 1.00 bits per heavy atom. The molecular weight excluding hydrogens is 310 g/mol. The van der Waals surface area contributed by atoms with Gasteiger partial charge in [0.2, 0.25) is 5.91 Å². The van der Waals surface area contributed by atoms with Crippen LogP contribution in [0.3, 0.4) is 0 Å². The van der Waals surface area contributed by atoms with Crippen LogP contribution in [0.4, 0.5) is 0 Å². The minimum atomic E-state index is -0.0840. The SMILES string of the molecule is O=C1NC(C2CCN(Cc3ccccc3)C2)NCC1c1ccccc1. The van der Waals surface area contributed by atoms with E-state index < -0.39 is 0 Å². The first-order valence-electron chi connectivity index (χ1n) is 9.14. The molecule has 4 heteroatoms. The van der Waals surface area contributed by atoms with Crippen molar-refractivity contribution in [2.75, 3.05) is 19.6 Å². The van der Waals surface area contributed by atoms with Gasteiger partial charge in [-0.1, -0.05) is 60.7 Å². The number of carbonyl (C=O) groups is 1. The fourth-order valence-corrected chi connectivity index (χ4v) is 4.00. The minimum Gasteiger partial charge on any atom is -0.340 e. The van der Waals surface area contributed by atoms with E-state index in [9.17, 15) is 4.79 Å². The number of nitrogens with zero attached hydrogens (tertiary/aromatic N) is 1. The number of likely N-dealkylation sites (tertiary alicyclic amines) is 1. The Hall–Kier alpha value is -2.17. The van der Waals surface area contributed by atoms with Crippen LogP contribution in [-0.4, -0.2) is 36.6 Å². The Balaban J connectivity index is 1.33. The van der Waals surface area contributed by atoms with Gasteiger partial charge in [0, 0.05) is 25.6 Å². The molecule has 3 atom stereocenters. The molecule has 2 saturated heterocycles. The first-order chi connectivity index (χ1) is 12.3. The molecule has 2 aromatic carbocycles. The largest absolute Gasteiger partial charge is 0.340 e. The summed E-state index contributed by atoms with van der Waals surface area (Å²) in [5.41, 5.74) is 2.44. The maximum Gasteiger partial charge on any atom is 0.230 e. The van der Waals surface area contributed by atoms with E-state index in [1.807, 2.05) is 30.3 Å². The molecule has 1 amide bonds. The molecule has 0 radical (unpaired) electrons. The van der Waals surface area contributed by atoms with Gasteiger partial charge in [-0.05, 0) is 24.1 Å². The maximum atomic E-state index is 12.6.